The monoisotopic (exact) mass is 276 g/mol. The fourth-order valence-corrected chi connectivity index (χ4v) is 2.52. The standard InChI is InChI=1S/C15H20N2O3/c1-15(2,3)13(6-7-18)17-9-16-11-5-4-10(14(19)20)8-12(11)17/h4-5,8-9,13,18H,6-7H2,1-3H3,(H,19,20). The van der Waals surface area contributed by atoms with Crippen molar-refractivity contribution in [1.82, 2.24) is 9.55 Å². The second kappa shape index (κ2) is 5.25. The molecule has 0 saturated carbocycles. The number of hydrogen-bond acceptors (Lipinski definition) is 3. The van der Waals surface area contributed by atoms with Gasteiger partial charge in [0.05, 0.1) is 22.9 Å². The molecule has 0 aliphatic carbocycles. The molecule has 0 aliphatic rings. The van der Waals surface area contributed by atoms with Crippen LogP contribution < -0.4 is 0 Å². The van der Waals surface area contributed by atoms with Crippen LogP contribution in [0.4, 0.5) is 0 Å². The van der Waals surface area contributed by atoms with E-state index in [0.29, 0.717) is 6.42 Å². The minimum atomic E-state index is -0.950. The SMILES string of the molecule is CC(C)(C)C(CCO)n1cnc2ccc(C(=O)O)cc21. The zero-order valence-electron chi connectivity index (χ0n) is 12.0. The van der Waals surface area contributed by atoms with E-state index in [9.17, 15) is 9.90 Å². The van der Waals surface area contributed by atoms with Gasteiger partial charge in [-0.15, -0.1) is 0 Å². The Morgan fingerprint density at radius 2 is 2.10 bits per heavy atom. The summed E-state index contributed by atoms with van der Waals surface area (Å²) in [7, 11) is 0. The lowest BCUT2D eigenvalue weighted by molar-refractivity contribution is 0.0697. The molecule has 0 radical (unpaired) electrons. The van der Waals surface area contributed by atoms with E-state index in [2.05, 4.69) is 25.8 Å². The highest BCUT2D eigenvalue weighted by atomic mass is 16.4. The van der Waals surface area contributed by atoms with E-state index in [1.807, 2.05) is 4.57 Å². The molecule has 1 heterocycles. The molecule has 108 valence electrons. The summed E-state index contributed by atoms with van der Waals surface area (Å²) >= 11 is 0. The zero-order valence-corrected chi connectivity index (χ0v) is 12.0. The van der Waals surface area contributed by atoms with Crippen molar-refractivity contribution >= 4 is 17.0 Å². The summed E-state index contributed by atoms with van der Waals surface area (Å²) in [6.07, 6.45) is 2.33. The topological polar surface area (TPSA) is 75.3 Å². The van der Waals surface area contributed by atoms with Crippen LogP contribution in [-0.2, 0) is 0 Å². The first-order valence-electron chi connectivity index (χ1n) is 6.65. The number of rotatable bonds is 4. The molecule has 0 spiro atoms. The quantitative estimate of drug-likeness (QED) is 0.900. The summed E-state index contributed by atoms with van der Waals surface area (Å²) in [6.45, 7) is 6.38. The number of aliphatic hydroxyl groups is 1. The minimum absolute atomic E-state index is 0.0570. The Bertz CT molecular complexity index is 626. The number of carbonyl (C=O) groups is 1. The number of aromatic carboxylic acids is 1. The first-order chi connectivity index (χ1) is 9.34. The van der Waals surface area contributed by atoms with Crippen LogP contribution in [0.25, 0.3) is 11.0 Å². The molecule has 0 aliphatic heterocycles. The van der Waals surface area contributed by atoms with Crippen molar-refractivity contribution in [3.8, 4) is 0 Å². The molecule has 1 atom stereocenters. The Kier molecular flexibility index (Phi) is 3.81. The van der Waals surface area contributed by atoms with E-state index in [-0.39, 0.29) is 23.6 Å². The number of hydrogen-bond donors (Lipinski definition) is 2. The molecular formula is C15H20N2O3. The molecular weight excluding hydrogens is 256 g/mol. The summed E-state index contributed by atoms with van der Waals surface area (Å²) in [5, 5.41) is 18.4. The number of aromatic nitrogens is 2. The highest BCUT2D eigenvalue weighted by Crippen LogP contribution is 2.35. The van der Waals surface area contributed by atoms with Crippen LogP contribution in [0.2, 0.25) is 0 Å². The van der Waals surface area contributed by atoms with Crippen molar-refractivity contribution in [1.29, 1.82) is 0 Å². The predicted octanol–water partition coefficient (Wildman–Crippen LogP) is 2.70. The number of nitrogens with zero attached hydrogens (tertiary/aromatic N) is 2. The van der Waals surface area contributed by atoms with Crippen LogP contribution in [0.1, 0.15) is 43.6 Å². The highest BCUT2D eigenvalue weighted by Gasteiger charge is 2.27. The number of imidazole rings is 1. The molecule has 5 nitrogen and oxygen atoms in total. The number of fused-ring (bicyclic) bond motifs is 1. The van der Waals surface area contributed by atoms with Gasteiger partial charge in [-0.3, -0.25) is 0 Å². The maximum Gasteiger partial charge on any atom is 0.335 e. The maximum absolute atomic E-state index is 11.1. The third kappa shape index (κ3) is 2.67. The number of carboxylic acids is 1. The van der Waals surface area contributed by atoms with Crippen molar-refractivity contribution in [2.75, 3.05) is 6.61 Å². The van der Waals surface area contributed by atoms with Gasteiger partial charge >= 0.3 is 5.97 Å². The van der Waals surface area contributed by atoms with Crippen molar-refractivity contribution in [3.63, 3.8) is 0 Å². The highest BCUT2D eigenvalue weighted by molar-refractivity contribution is 5.92. The largest absolute Gasteiger partial charge is 0.478 e. The molecule has 0 fully saturated rings. The average Bonchev–Trinajstić information content (AvgIpc) is 2.77. The molecule has 20 heavy (non-hydrogen) atoms. The fourth-order valence-electron chi connectivity index (χ4n) is 2.52. The van der Waals surface area contributed by atoms with E-state index in [1.165, 1.54) is 0 Å². The Morgan fingerprint density at radius 3 is 2.65 bits per heavy atom. The van der Waals surface area contributed by atoms with Crippen LogP contribution >= 0.6 is 0 Å². The van der Waals surface area contributed by atoms with Gasteiger partial charge in [-0.05, 0) is 30.0 Å². The van der Waals surface area contributed by atoms with Gasteiger partial charge in [0.2, 0.25) is 0 Å². The van der Waals surface area contributed by atoms with Gasteiger partial charge in [0.15, 0.2) is 0 Å². The van der Waals surface area contributed by atoms with Gasteiger partial charge in [0, 0.05) is 12.6 Å². The van der Waals surface area contributed by atoms with Crippen LogP contribution in [-0.4, -0.2) is 32.3 Å². The average molecular weight is 276 g/mol. The summed E-state index contributed by atoms with van der Waals surface area (Å²) in [5.74, 6) is -0.950. The molecule has 0 saturated heterocycles. The van der Waals surface area contributed by atoms with Gasteiger partial charge in [-0.2, -0.15) is 0 Å². The third-order valence-electron chi connectivity index (χ3n) is 3.56. The first kappa shape index (κ1) is 14.5. The third-order valence-corrected chi connectivity index (χ3v) is 3.56. The van der Waals surface area contributed by atoms with Crippen molar-refractivity contribution in [2.45, 2.75) is 33.2 Å². The van der Waals surface area contributed by atoms with E-state index in [4.69, 9.17) is 5.11 Å². The number of carboxylic acid groups (broad SMARTS) is 1. The fraction of sp³-hybridized carbons (Fsp3) is 0.467. The predicted molar refractivity (Wildman–Crippen MR) is 76.9 cm³/mol. The number of benzene rings is 1. The zero-order chi connectivity index (χ0) is 14.9. The Morgan fingerprint density at radius 1 is 1.40 bits per heavy atom. The van der Waals surface area contributed by atoms with Crippen LogP contribution in [0.5, 0.6) is 0 Å². The van der Waals surface area contributed by atoms with E-state index in [1.54, 1.807) is 24.5 Å². The minimum Gasteiger partial charge on any atom is -0.478 e. The van der Waals surface area contributed by atoms with Crippen LogP contribution in [0.3, 0.4) is 0 Å². The molecule has 0 bridgehead atoms. The summed E-state index contributed by atoms with van der Waals surface area (Å²) in [5.41, 5.74) is 1.74. The van der Waals surface area contributed by atoms with Crippen molar-refractivity contribution < 1.29 is 15.0 Å². The van der Waals surface area contributed by atoms with Gasteiger partial charge in [-0.1, -0.05) is 20.8 Å². The summed E-state index contributed by atoms with van der Waals surface area (Å²) in [6, 6.07) is 4.97. The Balaban J connectivity index is 2.57. The molecule has 1 aromatic heterocycles. The van der Waals surface area contributed by atoms with Crippen LogP contribution in [0.15, 0.2) is 24.5 Å². The molecule has 0 amide bonds. The van der Waals surface area contributed by atoms with Crippen molar-refractivity contribution in [2.24, 2.45) is 5.41 Å². The molecule has 1 unspecified atom stereocenters. The summed E-state index contributed by atoms with van der Waals surface area (Å²) in [4.78, 5) is 15.4. The van der Waals surface area contributed by atoms with E-state index in [0.717, 1.165) is 11.0 Å². The van der Waals surface area contributed by atoms with E-state index < -0.39 is 5.97 Å². The Hall–Kier alpha value is -1.88. The smallest absolute Gasteiger partial charge is 0.335 e. The van der Waals surface area contributed by atoms with Gasteiger partial charge in [-0.25, -0.2) is 9.78 Å². The molecule has 2 aromatic rings. The lowest BCUT2D eigenvalue weighted by Gasteiger charge is -2.32. The number of aliphatic hydroxyl groups excluding tert-OH is 1. The van der Waals surface area contributed by atoms with Gasteiger partial charge in [0.25, 0.3) is 0 Å². The van der Waals surface area contributed by atoms with Gasteiger partial charge < -0.3 is 14.8 Å². The first-order valence-corrected chi connectivity index (χ1v) is 6.65. The molecule has 2 N–H and O–H groups in total. The van der Waals surface area contributed by atoms with E-state index >= 15 is 0 Å². The second-order valence-corrected chi connectivity index (χ2v) is 6.05. The van der Waals surface area contributed by atoms with Crippen LogP contribution in [0, 0.1) is 5.41 Å². The normalized spacial score (nSPS) is 13.6. The Labute approximate surface area is 117 Å². The molecule has 5 heteroatoms. The second-order valence-electron chi connectivity index (χ2n) is 6.05. The lowest BCUT2D eigenvalue weighted by Crippen LogP contribution is -2.25. The van der Waals surface area contributed by atoms with Gasteiger partial charge in [0.1, 0.15) is 0 Å². The maximum atomic E-state index is 11.1. The van der Waals surface area contributed by atoms with Crippen molar-refractivity contribution in [3.05, 3.63) is 30.1 Å². The lowest BCUT2D eigenvalue weighted by atomic mass is 9.84. The molecule has 2 rings (SSSR count). The molecule has 1 aromatic carbocycles. The summed E-state index contributed by atoms with van der Waals surface area (Å²) < 4.78 is 1.97.